The minimum absolute atomic E-state index is 0.0649. The van der Waals surface area contributed by atoms with E-state index in [9.17, 15) is 5.11 Å². The van der Waals surface area contributed by atoms with Crippen LogP contribution in [0.5, 0.6) is 0 Å². The van der Waals surface area contributed by atoms with E-state index in [2.05, 4.69) is 19.1 Å². The maximum absolute atomic E-state index is 9.73. The highest BCUT2D eigenvalue weighted by atomic mass is 32.1. The summed E-state index contributed by atoms with van der Waals surface area (Å²) in [4.78, 5) is 2.86. The summed E-state index contributed by atoms with van der Waals surface area (Å²) >= 11 is 1.89. The zero-order chi connectivity index (χ0) is 9.97. The van der Waals surface area contributed by atoms with Crippen LogP contribution in [0.2, 0.25) is 0 Å². The average Bonchev–Trinajstić information content (AvgIpc) is 2.45. The summed E-state index contributed by atoms with van der Waals surface area (Å²) in [5.74, 6) is 0.617. The molecular weight excluding hydrogens is 192 g/mol. The van der Waals surface area contributed by atoms with Gasteiger partial charge in [-0.2, -0.15) is 0 Å². The first-order chi connectivity index (χ1) is 6.75. The number of aliphatic hydroxyl groups is 1. The summed E-state index contributed by atoms with van der Waals surface area (Å²) in [6.07, 6.45) is 5.64. The summed E-state index contributed by atoms with van der Waals surface area (Å²) < 4.78 is 0. The molecule has 1 fully saturated rings. The Morgan fingerprint density at radius 2 is 2.07 bits per heavy atom. The van der Waals surface area contributed by atoms with Gasteiger partial charge in [0, 0.05) is 9.75 Å². The monoisotopic (exact) mass is 210 g/mol. The van der Waals surface area contributed by atoms with Crippen molar-refractivity contribution in [3.8, 4) is 0 Å². The molecule has 0 amide bonds. The Bertz CT molecular complexity index is 292. The van der Waals surface area contributed by atoms with Crippen molar-refractivity contribution in [2.45, 2.75) is 51.0 Å². The molecule has 0 aliphatic heterocycles. The lowest BCUT2D eigenvalue weighted by atomic mass is 9.98. The van der Waals surface area contributed by atoms with Crippen LogP contribution in [0.25, 0.3) is 0 Å². The molecule has 2 heteroatoms. The van der Waals surface area contributed by atoms with Crippen molar-refractivity contribution in [3.63, 3.8) is 0 Å². The summed E-state index contributed by atoms with van der Waals surface area (Å²) in [6, 6.07) is 4.43. The van der Waals surface area contributed by atoms with E-state index in [0.717, 1.165) is 12.8 Å². The number of thiophene rings is 1. The van der Waals surface area contributed by atoms with Gasteiger partial charge in [-0.3, -0.25) is 0 Å². The standard InChI is InChI=1S/C12H18OS/c1-9-6-7-12(14-9)10-4-2-3-5-11(13)8-10/h6-7,10-11,13H,2-5,8H2,1H3. The quantitative estimate of drug-likeness (QED) is 0.704. The van der Waals surface area contributed by atoms with Crippen molar-refractivity contribution in [2.75, 3.05) is 0 Å². The van der Waals surface area contributed by atoms with Crippen molar-refractivity contribution in [1.82, 2.24) is 0 Å². The second kappa shape index (κ2) is 4.45. The van der Waals surface area contributed by atoms with Gasteiger partial charge in [0.05, 0.1) is 6.10 Å². The van der Waals surface area contributed by atoms with Crippen LogP contribution in [-0.4, -0.2) is 11.2 Å². The van der Waals surface area contributed by atoms with Crippen LogP contribution in [0.15, 0.2) is 12.1 Å². The average molecular weight is 210 g/mol. The van der Waals surface area contributed by atoms with Gasteiger partial charge < -0.3 is 5.11 Å². The summed E-state index contributed by atoms with van der Waals surface area (Å²) in [7, 11) is 0. The number of hydrogen-bond acceptors (Lipinski definition) is 2. The molecule has 0 spiro atoms. The van der Waals surface area contributed by atoms with Gasteiger partial charge in [0.1, 0.15) is 0 Å². The van der Waals surface area contributed by atoms with E-state index in [1.807, 2.05) is 11.3 Å². The third-order valence-electron chi connectivity index (χ3n) is 3.06. The topological polar surface area (TPSA) is 20.2 Å². The van der Waals surface area contributed by atoms with E-state index in [1.54, 1.807) is 0 Å². The Labute approximate surface area is 89.8 Å². The van der Waals surface area contributed by atoms with Crippen molar-refractivity contribution < 1.29 is 5.11 Å². The summed E-state index contributed by atoms with van der Waals surface area (Å²) in [5, 5.41) is 9.73. The van der Waals surface area contributed by atoms with Gasteiger partial charge in [-0.25, -0.2) is 0 Å². The Balaban J connectivity index is 2.08. The Kier molecular flexibility index (Phi) is 3.24. The molecule has 2 rings (SSSR count). The highest BCUT2D eigenvalue weighted by Gasteiger charge is 2.20. The fourth-order valence-corrected chi connectivity index (χ4v) is 3.29. The number of rotatable bonds is 1. The smallest absolute Gasteiger partial charge is 0.0546 e. The summed E-state index contributed by atoms with van der Waals surface area (Å²) in [5.41, 5.74) is 0. The molecule has 2 unspecified atom stereocenters. The van der Waals surface area contributed by atoms with Crippen molar-refractivity contribution >= 4 is 11.3 Å². The SMILES string of the molecule is Cc1ccc(C2CCCCC(O)C2)s1. The lowest BCUT2D eigenvalue weighted by Gasteiger charge is -2.14. The molecule has 14 heavy (non-hydrogen) atoms. The first-order valence-corrected chi connectivity index (χ1v) is 6.32. The maximum atomic E-state index is 9.73. The third-order valence-corrected chi connectivity index (χ3v) is 4.22. The molecule has 1 nitrogen and oxygen atoms in total. The molecule has 1 N–H and O–H groups in total. The van der Waals surface area contributed by atoms with Crippen LogP contribution in [0, 0.1) is 6.92 Å². The van der Waals surface area contributed by atoms with Crippen molar-refractivity contribution in [1.29, 1.82) is 0 Å². The maximum Gasteiger partial charge on any atom is 0.0546 e. The third kappa shape index (κ3) is 2.37. The van der Waals surface area contributed by atoms with E-state index in [-0.39, 0.29) is 6.10 Å². The second-order valence-corrected chi connectivity index (χ2v) is 5.64. The lowest BCUT2D eigenvalue weighted by molar-refractivity contribution is 0.152. The largest absolute Gasteiger partial charge is 0.393 e. The summed E-state index contributed by atoms with van der Waals surface area (Å²) in [6.45, 7) is 2.15. The highest BCUT2D eigenvalue weighted by molar-refractivity contribution is 7.12. The first kappa shape index (κ1) is 10.2. The van der Waals surface area contributed by atoms with Crippen LogP contribution in [0.4, 0.5) is 0 Å². The predicted molar refractivity (Wildman–Crippen MR) is 60.9 cm³/mol. The molecule has 78 valence electrons. The Hall–Kier alpha value is -0.340. The van der Waals surface area contributed by atoms with E-state index in [1.165, 1.54) is 29.0 Å². The van der Waals surface area contributed by atoms with Crippen LogP contribution >= 0.6 is 11.3 Å². The number of aliphatic hydroxyl groups excluding tert-OH is 1. The van der Waals surface area contributed by atoms with Gasteiger partial charge in [0.25, 0.3) is 0 Å². The normalized spacial score (nSPS) is 28.7. The fraction of sp³-hybridized carbons (Fsp3) is 0.667. The van der Waals surface area contributed by atoms with Crippen LogP contribution < -0.4 is 0 Å². The van der Waals surface area contributed by atoms with Gasteiger partial charge in [-0.05, 0) is 44.2 Å². The van der Waals surface area contributed by atoms with Gasteiger partial charge in [-0.1, -0.05) is 12.8 Å². The van der Waals surface area contributed by atoms with E-state index < -0.39 is 0 Å². The number of aryl methyl sites for hydroxylation is 1. The molecule has 0 radical (unpaired) electrons. The Morgan fingerprint density at radius 3 is 2.79 bits per heavy atom. The van der Waals surface area contributed by atoms with Gasteiger partial charge in [-0.15, -0.1) is 11.3 Å². The molecule has 0 bridgehead atoms. The molecule has 1 aromatic rings. The van der Waals surface area contributed by atoms with E-state index >= 15 is 0 Å². The predicted octanol–water partition coefficient (Wildman–Crippen LogP) is 3.47. The van der Waals surface area contributed by atoms with Crippen molar-refractivity contribution in [3.05, 3.63) is 21.9 Å². The Morgan fingerprint density at radius 1 is 1.29 bits per heavy atom. The van der Waals surface area contributed by atoms with E-state index in [4.69, 9.17) is 0 Å². The molecule has 1 aliphatic carbocycles. The zero-order valence-electron chi connectivity index (χ0n) is 8.70. The minimum Gasteiger partial charge on any atom is -0.393 e. The minimum atomic E-state index is -0.0649. The fourth-order valence-electron chi connectivity index (χ4n) is 2.27. The lowest BCUT2D eigenvalue weighted by Crippen LogP contribution is -2.08. The van der Waals surface area contributed by atoms with Crippen molar-refractivity contribution in [2.24, 2.45) is 0 Å². The van der Waals surface area contributed by atoms with Gasteiger partial charge in [0.2, 0.25) is 0 Å². The molecule has 1 aliphatic rings. The van der Waals surface area contributed by atoms with Crippen LogP contribution in [0.1, 0.15) is 47.8 Å². The van der Waals surface area contributed by atoms with Gasteiger partial charge in [0.15, 0.2) is 0 Å². The molecule has 2 atom stereocenters. The van der Waals surface area contributed by atoms with Gasteiger partial charge >= 0.3 is 0 Å². The first-order valence-electron chi connectivity index (χ1n) is 5.50. The highest BCUT2D eigenvalue weighted by Crippen LogP contribution is 2.35. The molecular formula is C12H18OS. The van der Waals surface area contributed by atoms with Crippen LogP contribution in [0.3, 0.4) is 0 Å². The number of hydrogen-bond donors (Lipinski definition) is 1. The van der Waals surface area contributed by atoms with E-state index in [0.29, 0.717) is 5.92 Å². The zero-order valence-corrected chi connectivity index (χ0v) is 9.52. The second-order valence-electron chi connectivity index (χ2n) is 4.32. The molecule has 0 aromatic carbocycles. The molecule has 1 aromatic heterocycles. The van der Waals surface area contributed by atoms with Crippen LogP contribution in [-0.2, 0) is 0 Å². The molecule has 1 saturated carbocycles. The molecule has 0 saturated heterocycles. The molecule has 1 heterocycles.